The number of amides is 1. The first-order valence-electron chi connectivity index (χ1n) is 11.4. The van der Waals surface area contributed by atoms with Crippen LogP contribution in [0.3, 0.4) is 0 Å². The van der Waals surface area contributed by atoms with Gasteiger partial charge in [0.2, 0.25) is 17.3 Å². The highest BCUT2D eigenvalue weighted by Crippen LogP contribution is 2.31. The van der Waals surface area contributed by atoms with Crippen molar-refractivity contribution < 1.29 is 27.8 Å². The van der Waals surface area contributed by atoms with Gasteiger partial charge in [0.1, 0.15) is 31.1 Å². The van der Waals surface area contributed by atoms with Crippen molar-refractivity contribution in [3.8, 4) is 17.2 Å². The molecule has 2 aliphatic heterocycles. The molecule has 9 heteroatoms. The van der Waals surface area contributed by atoms with Gasteiger partial charge >= 0.3 is 0 Å². The highest BCUT2D eigenvalue weighted by molar-refractivity contribution is 5.82. The number of benzene rings is 2. The number of rotatable bonds is 6. The van der Waals surface area contributed by atoms with Gasteiger partial charge in [0.05, 0.1) is 6.54 Å². The van der Waals surface area contributed by atoms with Crippen molar-refractivity contribution in [1.29, 1.82) is 0 Å². The molecule has 5 rings (SSSR count). The van der Waals surface area contributed by atoms with Crippen LogP contribution in [0.4, 0.5) is 4.39 Å². The number of ether oxygens (including phenoxy) is 3. The number of halogens is 1. The molecular formula is C26H25FN2O6. The highest BCUT2D eigenvalue weighted by atomic mass is 19.1. The summed E-state index contributed by atoms with van der Waals surface area (Å²) in [6.45, 7) is 3.06. The Morgan fingerprint density at radius 1 is 1.03 bits per heavy atom. The van der Waals surface area contributed by atoms with E-state index < -0.39 is 6.10 Å². The Balaban J connectivity index is 1.11. The van der Waals surface area contributed by atoms with Gasteiger partial charge in [0.15, 0.2) is 11.5 Å². The molecule has 8 nitrogen and oxygen atoms in total. The second-order valence-corrected chi connectivity index (χ2v) is 8.46. The standard InChI is InChI=1S/C26H25FN2O6/c27-19-5-3-4-18(12-19)15-33-24-16-32-20(13-21(24)30)14-28-8-10-29(11-9-28)26(31)25-17-34-22-6-1-2-7-23(22)35-25/h1-7,12-13,16,25H,8-11,14-15,17H2/t25-/m0/s1. The lowest BCUT2D eigenvalue weighted by molar-refractivity contribution is -0.143. The van der Waals surface area contributed by atoms with Crippen molar-refractivity contribution in [2.45, 2.75) is 19.3 Å². The summed E-state index contributed by atoms with van der Waals surface area (Å²) < 4.78 is 35.9. The lowest BCUT2D eigenvalue weighted by atomic mass is 10.2. The summed E-state index contributed by atoms with van der Waals surface area (Å²) >= 11 is 0. The van der Waals surface area contributed by atoms with Crippen LogP contribution in [-0.4, -0.2) is 54.6 Å². The van der Waals surface area contributed by atoms with Gasteiger partial charge in [0.25, 0.3) is 5.91 Å². The van der Waals surface area contributed by atoms with Crippen LogP contribution in [0.15, 0.2) is 70.1 Å². The molecule has 182 valence electrons. The number of carbonyl (C=O) groups is 1. The van der Waals surface area contributed by atoms with Gasteiger partial charge in [-0.1, -0.05) is 24.3 Å². The summed E-state index contributed by atoms with van der Waals surface area (Å²) in [6, 6.07) is 14.7. The maximum atomic E-state index is 13.3. The molecule has 0 radical (unpaired) electrons. The Bertz CT molecular complexity index is 1250. The number of hydrogen-bond acceptors (Lipinski definition) is 7. The topological polar surface area (TPSA) is 81.5 Å². The van der Waals surface area contributed by atoms with E-state index >= 15 is 0 Å². The van der Waals surface area contributed by atoms with Gasteiger partial charge in [-0.3, -0.25) is 14.5 Å². The molecule has 0 spiro atoms. The first-order valence-corrected chi connectivity index (χ1v) is 11.4. The van der Waals surface area contributed by atoms with Crippen molar-refractivity contribution in [2.24, 2.45) is 0 Å². The fraction of sp³-hybridized carbons (Fsp3) is 0.308. The van der Waals surface area contributed by atoms with E-state index in [1.165, 1.54) is 24.5 Å². The maximum absolute atomic E-state index is 13.3. The first kappa shape index (κ1) is 22.9. The monoisotopic (exact) mass is 480 g/mol. The van der Waals surface area contributed by atoms with Crippen LogP contribution in [0.2, 0.25) is 0 Å². The van der Waals surface area contributed by atoms with Crippen molar-refractivity contribution >= 4 is 5.91 Å². The summed E-state index contributed by atoms with van der Waals surface area (Å²) in [5, 5.41) is 0. The van der Waals surface area contributed by atoms with E-state index in [0.29, 0.717) is 55.5 Å². The zero-order valence-electron chi connectivity index (χ0n) is 19.0. The van der Waals surface area contributed by atoms with E-state index in [2.05, 4.69) is 4.90 Å². The largest absolute Gasteiger partial charge is 0.485 e. The third-order valence-electron chi connectivity index (χ3n) is 5.98. The molecular weight excluding hydrogens is 455 g/mol. The van der Waals surface area contributed by atoms with E-state index in [1.807, 2.05) is 18.2 Å². The van der Waals surface area contributed by atoms with Crippen molar-refractivity contribution in [2.75, 3.05) is 32.8 Å². The maximum Gasteiger partial charge on any atom is 0.267 e. The molecule has 3 aromatic rings. The number of piperazine rings is 1. The van der Waals surface area contributed by atoms with E-state index in [4.69, 9.17) is 18.6 Å². The molecule has 2 aromatic carbocycles. The SMILES string of the molecule is O=C([C@@H]1COc2ccccc2O1)N1CCN(Cc2cc(=O)c(OCc3cccc(F)c3)co2)CC1. The Kier molecular flexibility index (Phi) is 6.67. The summed E-state index contributed by atoms with van der Waals surface area (Å²) in [5.41, 5.74) is 0.321. The van der Waals surface area contributed by atoms with Crippen LogP contribution in [0.25, 0.3) is 0 Å². The van der Waals surface area contributed by atoms with Gasteiger partial charge in [-0.25, -0.2) is 4.39 Å². The molecule has 0 unspecified atom stereocenters. The van der Waals surface area contributed by atoms with E-state index in [9.17, 15) is 14.0 Å². The van der Waals surface area contributed by atoms with Gasteiger partial charge in [-0.2, -0.15) is 0 Å². The molecule has 0 N–H and O–H groups in total. The average molecular weight is 480 g/mol. The van der Waals surface area contributed by atoms with Gasteiger partial charge < -0.3 is 23.5 Å². The fourth-order valence-electron chi connectivity index (χ4n) is 4.11. The van der Waals surface area contributed by atoms with Gasteiger partial charge in [0, 0.05) is 32.2 Å². The molecule has 1 aromatic heterocycles. The molecule has 0 saturated carbocycles. The molecule has 3 heterocycles. The summed E-state index contributed by atoms with van der Waals surface area (Å²) in [4.78, 5) is 29.2. The zero-order valence-corrected chi connectivity index (χ0v) is 19.0. The summed E-state index contributed by atoms with van der Waals surface area (Å²) in [5.74, 6) is 1.35. The number of para-hydroxylation sites is 2. The summed E-state index contributed by atoms with van der Waals surface area (Å²) in [7, 11) is 0. The molecule has 2 aliphatic rings. The Hall–Kier alpha value is -3.85. The highest BCUT2D eigenvalue weighted by Gasteiger charge is 2.32. The van der Waals surface area contributed by atoms with Crippen LogP contribution in [-0.2, 0) is 17.9 Å². The molecule has 1 atom stereocenters. The van der Waals surface area contributed by atoms with E-state index in [1.54, 1.807) is 23.1 Å². The van der Waals surface area contributed by atoms with Crippen LogP contribution in [0.5, 0.6) is 17.2 Å². The number of fused-ring (bicyclic) bond motifs is 1. The first-order chi connectivity index (χ1) is 17.0. The third-order valence-corrected chi connectivity index (χ3v) is 5.98. The van der Waals surface area contributed by atoms with Crippen LogP contribution in [0, 0.1) is 5.82 Å². The number of hydrogen-bond donors (Lipinski definition) is 0. The normalized spacial score (nSPS) is 17.7. The van der Waals surface area contributed by atoms with E-state index in [-0.39, 0.29) is 36.1 Å². The van der Waals surface area contributed by atoms with Crippen molar-refractivity contribution in [3.05, 3.63) is 88.2 Å². The average Bonchev–Trinajstić information content (AvgIpc) is 2.88. The molecule has 0 aliphatic carbocycles. The van der Waals surface area contributed by atoms with Crippen molar-refractivity contribution in [1.82, 2.24) is 9.80 Å². The fourth-order valence-corrected chi connectivity index (χ4v) is 4.11. The van der Waals surface area contributed by atoms with Crippen molar-refractivity contribution in [3.63, 3.8) is 0 Å². The van der Waals surface area contributed by atoms with Crippen LogP contribution >= 0.6 is 0 Å². The molecule has 1 fully saturated rings. The quantitative estimate of drug-likeness (QED) is 0.537. The second kappa shape index (κ2) is 10.2. The zero-order chi connectivity index (χ0) is 24.2. The molecule has 1 amide bonds. The lowest BCUT2D eigenvalue weighted by Gasteiger charge is -2.36. The number of carbonyl (C=O) groups excluding carboxylic acids is 1. The van der Waals surface area contributed by atoms with Crippen LogP contribution in [0.1, 0.15) is 11.3 Å². The predicted molar refractivity (Wildman–Crippen MR) is 124 cm³/mol. The minimum Gasteiger partial charge on any atom is -0.485 e. The van der Waals surface area contributed by atoms with Crippen LogP contribution < -0.4 is 19.6 Å². The van der Waals surface area contributed by atoms with E-state index in [0.717, 1.165) is 0 Å². The molecule has 1 saturated heterocycles. The van der Waals surface area contributed by atoms with Gasteiger partial charge in [-0.15, -0.1) is 0 Å². The Labute approximate surface area is 201 Å². The lowest BCUT2D eigenvalue weighted by Crippen LogP contribution is -2.53. The Morgan fingerprint density at radius 2 is 1.83 bits per heavy atom. The molecule has 0 bridgehead atoms. The minimum absolute atomic E-state index is 0.0686. The minimum atomic E-state index is -0.658. The molecule has 35 heavy (non-hydrogen) atoms. The summed E-state index contributed by atoms with van der Waals surface area (Å²) in [6.07, 6.45) is 0.629. The predicted octanol–water partition coefficient (Wildman–Crippen LogP) is 2.84. The second-order valence-electron chi connectivity index (χ2n) is 8.46. The third kappa shape index (κ3) is 5.46. The van der Waals surface area contributed by atoms with Gasteiger partial charge in [-0.05, 0) is 29.8 Å². The number of nitrogens with zero attached hydrogens (tertiary/aromatic N) is 2. The Morgan fingerprint density at radius 3 is 2.60 bits per heavy atom. The smallest absolute Gasteiger partial charge is 0.267 e.